The van der Waals surface area contributed by atoms with Crippen LogP contribution in [0.1, 0.15) is 19.8 Å². The number of nitrogens with zero attached hydrogens (tertiary/aromatic N) is 1. The molecular weight excluding hydrogens is 226 g/mol. The van der Waals surface area contributed by atoms with Crippen LogP contribution in [0.25, 0.3) is 10.9 Å². The maximum atomic E-state index is 11.7. The quantitative estimate of drug-likeness (QED) is 0.865. The Bertz CT molecular complexity index is 551. The molecule has 1 aromatic carbocycles. The number of fused-ring (bicyclic) bond motifs is 1. The molecule has 18 heavy (non-hydrogen) atoms. The van der Waals surface area contributed by atoms with E-state index < -0.39 is 0 Å². The largest absolute Gasteiger partial charge is 0.328 e. The van der Waals surface area contributed by atoms with E-state index in [2.05, 4.69) is 10.3 Å². The third-order valence-corrected chi connectivity index (χ3v) is 2.70. The lowest BCUT2D eigenvalue weighted by Crippen LogP contribution is -2.19. The number of carbonyl (C=O) groups is 1. The summed E-state index contributed by atoms with van der Waals surface area (Å²) < 4.78 is 0. The molecule has 2 aromatic rings. The second-order valence-corrected chi connectivity index (χ2v) is 4.48. The van der Waals surface area contributed by atoms with Crippen molar-refractivity contribution >= 4 is 22.5 Å². The van der Waals surface area contributed by atoms with Gasteiger partial charge in [0, 0.05) is 17.8 Å². The number of rotatable bonds is 4. The first-order valence-corrected chi connectivity index (χ1v) is 6.05. The van der Waals surface area contributed by atoms with E-state index in [-0.39, 0.29) is 11.9 Å². The molecule has 0 aliphatic heterocycles. The normalized spacial score (nSPS) is 12.3. The van der Waals surface area contributed by atoms with Gasteiger partial charge in [0.05, 0.1) is 17.4 Å². The smallest absolute Gasteiger partial charge is 0.224 e. The van der Waals surface area contributed by atoms with Crippen LogP contribution in [0.5, 0.6) is 0 Å². The van der Waals surface area contributed by atoms with Crippen LogP contribution in [0, 0.1) is 0 Å². The highest BCUT2D eigenvalue weighted by molar-refractivity contribution is 5.93. The molecule has 0 radical (unpaired) electrons. The Labute approximate surface area is 106 Å². The van der Waals surface area contributed by atoms with Gasteiger partial charge in [-0.05, 0) is 25.5 Å². The zero-order valence-corrected chi connectivity index (χ0v) is 10.4. The molecule has 4 heteroatoms. The van der Waals surface area contributed by atoms with Gasteiger partial charge in [0.15, 0.2) is 0 Å². The predicted molar refractivity (Wildman–Crippen MR) is 73.3 cm³/mol. The molecule has 0 saturated heterocycles. The highest BCUT2D eigenvalue weighted by Crippen LogP contribution is 2.16. The van der Waals surface area contributed by atoms with Gasteiger partial charge in [-0.25, -0.2) is 0 Å². The van der Waals surface area contributed by atoms with Crippen molar-refractivity contribution in [3.8, 4) is 0 Å². The molecule has 3 N–H and O–H groups in total. The van der Waals surface area contributed by atoms with Crippen LogP contribution in [0.2, 0.25) is 0 Å². The van der Waals surface area contributed by atoms with E-state index in [0.717, 1.165) is 16.6 Å². The maximum absolute atomic E-state index is 11.7. The fourth-order valence-corrected chi connectivity index (χ4v) is 1.72. The van der Waals surface area contributed by atoms with Crippen LogP contribution in [0.15, 0.2) is 36.5 Å². The lowest BCUT2D eigenvalue weighted by Gasteiger charge is -2.07. The fourth-order valence-electron chi connectivity index (χ4n) is 1.72. The number of amides is 1. The molecule has 1 amide bonds. The first-order chi connectivity index (χ1) is 8.65. The number of benzene rings is 1. The number of anilines is 1. The number of para-hydroxylation sites is 1. The van der Waals surface area contributed by atoms with Crippen molar-refractivity contribution in [2.45, 2.75) is 25.8 Å². The summed E-state index contributed by atoms with van der Waals surface area (Å²) in [6.45, 7) is 1.89. The Morgan fingerprint density at radius 3 is 3.00 bits per heavy atom. The lowest BCUT2D eigenvalue weighted by atomic mass is 10.2. The van der Waals surface area contributed by atoms with E-state index >= 15 is 0 Å². The number of nitrogens with two attached hydrogens (primary N) is 1. The van der Waals surface area contributed by atoms with Crippen molar-refractivity contribution in [2.24, 2.45) is 5.73 Å². The monoisotopic (exact) mass is 243 g/mol. The van der Waals surface area contributed by atoms with Gasteiger partial charge in [0.2, 0.25) is 5.91 Å². The summed E-state index contributed by atoms with van der Waals surface area (Å²) in [6, 6.07) is 9.77. The van der Waals surface area contributed by atoms with Gasteiger partial charge in [0.1, 0.15) is 0 Å². The average Bonchev–Trinajstić information content (AvgIpc) is 2.36. The zero-order valence-electron chi connectivity index (χ0n) is 10.4. The fraction of sp³-hybridized carbons (Fsp3) is 0.286. The molecule has 4 nitrogen and oxygen atoms in total. The number of carbonyl (C=O) groups excluding carboxylic acids is 1. The summed E-state index contributed by atoms with van der Waals surface area (Å²) in [4.78, 5) is 15.9. The Morgan fingerprint density at radius 1 is 1.44 bits per heavy atom. The van der Waals surface area contributed by atoms with Crippen molar-refractivity contribution in [1.82, 2.24) is 4.98 Å². The second kappa shape index (κ2) is 5.60. The minimum absolute atomic E-state index is 0.0237. The summed E-state index contributed by atoms with van der Waals surface area (Å²) in [5, 5.41) is 3.85. The van der Waals surface area contributed by atoms with Crippen LogP contribution in [-0.4, -0.2) is 16.9 Å². The summed E-state index contributed by atoms with van der Waals surface area (Å²) >= 11 is 0. The number of pyridine rings is 1. The van der Waals surface area contributed by atoms with Gasteiger partial charge in [-0.15, -0.1) is 0 Å². The summed E-state index contributed by atoms with van der Waals surface area (Å²) in [6.07, 6.45) is 2.80. The molecule has 0 aliphatic rings. The van der Waals surface area contributed by atoms with Crippen LogP contribution < -0.4 is 11.1 Å². The first kappa shape index (κ1) is 12.5. The van der Waals surface area contributed by atoms with E-state index in [0.29, 0.717) is 12.8 Å². The number of hydrogen-bond donors (Lipinski definition) is 2. The van der Waals surface area contributed by atoms with Crippen LogP contribution in [0.4, 0.5) is 5.69 Å². The molecule has 0 fully saturated rings. The number of aromatic nitrogens is 1. The lowest BCUT2D eigenvalue weighted by molar-refractivity contribution is -0.116. The third kappa shape index (κ3) is 3.28. The van der Waals surface area contributed by atoms with Crippen molar-refractivity contribution < 1.29 is 4.79 Å². The highest BCUT2D eigenvalue weighted by Gasteiger charge is 2.05. The maximum Gasteiger partial charge on any atom is 0.224 e. The molecule has 1 unspecified atom stereocenters. The van der Waals surface area contributed by atoms with Gasteiger partial charge in [-0.1, -0.05) is 18.2 Å². The average molecular weight is 243 g/mol. The molecule has 1 heterocycles. The molecule has 0 saturated carbocycles. The summed E-state index contributed by atoms with van der Waals surface area (Å²) in [5.74, 6) is -0.0237. The highest BCUT2D eigenvalue weighted by atomic mass is 16.1. The molecule has 0 bridgehead atoms. The summed E-state index contributed by atoms with van der Waals surface area (Å²) in [7, 11) is 0. The zero-order chi connectivity index (χ0) is 13.0. The van der Waals surface area contributed by atoms with Gasteiger partial charge in [-0.3, -0.25) is 9.78 Å². The van der Waals surface area contributed by atoms with Crippen LogP contribution in [-0.2, 0) is 4.79 Å². The van der Waals surface area contributed by atoms with Crippen molar-refractivity contribution in [2.75, 3.05) is 5.32 Å². The van der Waals surface area contributed by atoms with E-state index in [1.54, 1.807) is 6.20 Å². The minimum atomic E-state index is -0.0237. The van der Waals surface area contributed by atoms with E-state index in [4.69, 9.17) is 5.73 Å². The van der Waals surface area contributed by atoms with Crippen molar-refractivity contribution in [3.05, 3.63) is 36.5 Å². The van der Waals surface area contributed by atoms with E-state index in [9.17, 15) is 4.79 Å². The van der Waals surface area contributed by atoms with Crippen molar-refractivity contribution in [3.63, 3.8) is 0 Å². The van der Waals surface area contributed by atoms with Crippen molar-refractivity contribution in [1.29, 1.82) is 0 Å². The molecule has 2 rings (SSSR count). The number of nitrogens with one attached hydrogen (secondary N) is 1. The molecular formula is C14H17N3O. The van der Waals surface area contributed by atoms with Gasteiger partial charge >= 0.3 is 0 Å². The van der Waals surface area contributed by atoms with Crippen LogP contribution in [0.3, 0.4) is 0 Å². The minimum Gasteiger partial charge on any atom is -0.328 e. The van der Waals surface area contributed by atoms with Gasteiger partial charge < -0.3 is 11.1 Å². The first-order valence-electron chi connectivity index (χ1n) is 6.05. The predicted octanol–water partition coefficient (Wildman–Crippen LogP) is 2.30. The standard InChI is InChI=1S/C14H17N3O/c1-10(15)6-7-14(18)17-12-8-11-4-2-3-5-13(11)16-9-12/h2-5,8-10H,6-7,15H2,1H3,(H,17,18). The Balaban J connectivity index is 2.05. The molecule has 94 valence electrons. The Hall–Kier alpha value is -1.94. The second-order valence-electron chi connectivity index (χ2n) is 4.48. The topological polar surface area (TPSA) is 68.0 Å². The van der Waals surface area contributed by atoms with E-state index in [1.165, 1.54) is 0 Å². The molecule has 0 spiro atoms. The van der Waals surface area contributed by atoms with E-state index in [1.807, 2.05) is 37.3 Å². The summed E-state index contributed by atoms with van der Waals surface area (Å²) in [5.41, 5.74) is 7.26. The Kier molecular flexibility index (Phi) is 3.89. The molecule has 0 aliphatic carbocycles. The van der Waals surface area contributed by atoms with Crippen LogP contribution >= 0.6 is 0 Å². The molecule has 1 aromatic heterocycles. The molecule has 1 atom stereocenters. The van der Waals surface area contributed by atoms with Gasteiger partial charge in [-0.2, -0.15) is 0 Å². The SMILES string of the molecule is CC(N)CCC(=O)Nc1cnc2ccccc2c1. The third-order valence-electron chi connectivity index (χ3n) is 2.70. The Morgan fingerprint density at radius 2 is 2.22 bits per heavy atom. The van der Waals surface area contributed by atoms with Gasteiger partial charge in [0.25, 0.3) is 0 Å². The number of hydrogen-bond acceptors (Lipinski definition) is 3.